The van der Waals surface area contributed by atoms with Gasteiger partial charge in [-0.1, -0.05) is 75.2 Å². The summed E-state index contributed by atoms with van der Waals surface area (Å²) < 4.78 is 3.95. The molecule has 0 fully saturated rings. The minimum Gasteiger partial charge on any atom is -0.355 e. The van der Waals surface area contributed by atoms with Gasteiger partial charge in [0.15, 0.2) is 0 Å². The fourth-order valence-electron chi connectivity index (χ4n) is 5.43. The molecule has 1 N–H and O–H groups in total. The number of para-hydroxylation sites is 2. The van der Waals surface area contributed by atoms with Crippen molar-refractivity contribution < 1.29 is 0 Å². The van der Waals surface area contributed by atoms with Crippen molar-refractivity contribution in [3.63, 3.8) is 0 Å². The van der Waals surface area contributed by atoms with Crippen molar-refractivity contribution in [1.29, 1.82) is 0 Å². The maximum absolute atomic E-state index is 14.1. The summed E-state index contributed by atoms with van der Waals surface area (Å²) in [5.41, 5.74) is 2.24. The summed E-state index contributed by atoms with van der Waals surface area (Å²) >= 11 is 0. The largest absolute Gasteiger partial charge is 0.355 e. The molecule has 0 unspecified atom stereocenters. The average Bonchev–Trinajstić information content (AvgIpc) is 2.97. The number of aryl methyl sites for hydroxylation is 1. The summed E-state index contributed by atoms with van der Waals surface area (Å²) in [5, 5.41) is 3.56. The van der Waals surface area contributed by atoms with Crippen LogP contribution in [0.3, 0.4) is 0 Å². The van der Waals surface area contributed by atoms with Crippen LogP contribution in [-0.2, 0) is 7.05 Å². The minimum atomic E-state index is -0.552. The van der Waals surface area contributed by atoms with Gasteiger partial charge >= 0.3 is 5.69 Å². The molecule has 0 saturated carbocycles. The standard InChI is InChI=1S/C33H34N4O3/c1-4-12-23(13-5-2)24-18-20-25(21-19-24)34-28-22-29(38)35(3)31-30(28)32(39)37(27-16-10-7-11-17-27)33(40)36(31)26-14-8-6-9-15-26/h6-11,14-23,34H,4-5,12-13H2,1-3H3. The van der Waals surface area contributed by atoms with Crippen LogP contribution in [0, 0.1) is 0 Å². The van der Waals surface area contributed by atoms with Crippen LogP contribution in [0.2, 0.25) is 0 Å². The second-order valence-electron chi connectivity index (χ2n) is 10.1. The van der Waals surface area contributed by atoms with E-state index in [4.69, 9.17) is 0 Å². The summed E-state index contributed by atoms with van der Waals surface area (Å²) in [5.74, 6) is 0.507. The van der Waals surface area contributed by atoms with E-state index < -0.39 is 11.2 Å². The summed E-state index contributed by atoms with van der Waals surface area (Å²) in [6.45, 7) is 4.41. The van der Waals surface area contributed by atoms with Crippen LogP contribution in [0.1, 0.15) is 51.0 Å². The molecule has 0 amide bonds. The first-order chi connectivity index (χ1) is 19.4. The van der Waals surface area contributed by atoms with Gasteiger partial charge in [-0.15, -0.1) is 0 Å². The van der Waals surface area contributed by atoms with Crippen LogP contribution in [0.4, 0.5) is 11.4 Å². The van der Waals surface area contributed by atoms with Crippen molar-refractivity contribution >= 4 is 22.4 Å². The van der Waals surface area contributed by atoms with Gasteiger partial charge in [0.1, 0.15) is 11.0 Å². The number of anilines is 2. The molecule has 0 spiro atoms. The van der Waals surface area contributed by atoms with Gasteiger partial charge < -0.3 is 5.32 Å². The smallest absolute Gasteiger partial charge is 0.341 e. The Morgan fingerprint density at radius 2 is 1.27 bits per heavy atom. The van der Waals surface area contributed by atoms with Crippen LogP contribution in [0.25, 0.3) is 22.4 Å². The van der Waals surface area contributed by atoms with E-state index in [0.717, 1.165) is 35.9 Å². The molecule has 5 aromatic rings. The Balaban J connectivity index is 1.75. The molecule has 0 atom stereocenters. The number of benzene rings is 3. The molecular formula is C33H34N4O3. The first-order valence-corrected chi connectivity index (χ1v) is 13.8. The van der Waals surface area contributed by atoms with Crippen molar-refractivity contribution in [2.75, 3.05) is 5.32 Å². The lowest BCUT2D eigenvalue weighted by Crippen LogP contribution is -2.40. The monoisotopic (exact) mass is 534 g/mol. The lowest BCUT2D eigenvalue weighted by Gasteiger charge is -2.19. The molecule has 7 heteroatoms. The highest BCUT2D eigenvalue weighted by molar-refractivity contribution is 5.91. The third kappa shape index (κ3) is 5.02. The Labute approximate surface area is 233 Å². The predicted molar refractivity (Wildman–Crippen MR) is 163 cm³/mol. The van der Waals surface area contributed by atoms with Crippen molar-refractivity contribution in [2.45, 2.75) is 45.4 Å². The Kier molecular flexibility index (Phi) is 7.82. The van der Waals surface area contributed by atoms with Crippen LogP contribution in [0.5, 0.6) is 0 Å². The SMILES string of the molecule is CCCC(CCC)c1ccc(Nc2cc(=O)n(C)c3c2c(=O)n(-c2ccccc2)c(=O)n3-c2ccccc2)cc1. The molecule has 204 valence electrons. The molecule has 40 heavy (non-hydrogen) atoms. The second-order valence-corrected chi connectivity index (χ2v) is 10.1. The highest BCUT2D eigenvalue weighted by atomic mass is 16.2. The van der Waals surface area contributed by atoms with E-state index in [-0.39, 0.29) is 16.6 Å². The summed E-state index contributed by atoms with van der Waals surface area (Å²) in [6.07, 6.45) is 4.52. The summed E-state index contributed by atoms with van der Waals surface area (Å²) in [6, 6.07) is 27.5. The van der Waals surface area contributed by atoms with Gasteiger partial charge in [0.2, 0.25) is 0 Å². The number of nitrogens with one attached hydrogen (secondary N) is 1. The van der Waals surface area contributed by atoms with Crippen molar-refractivity contribution in [3.05, 3.63) is 128 Å². The first-order valence-electron chi connectivity index (χ1n) is 13.8. The van der Waals surface area contributed by atoms with Gasteiger partial charge in [-0.3, -0.25) is 14.2 Å². The van der Waals surface area contributed by atoms with Crippen LogP contribution >= 0.6 is 0 Å². The quantitative estimate of drug-likeness (QED) is 0.242. The molecule has 3 aromatic carbocycles. The number of aromatic nitrogens is 3. The summed E-state index contributed by atoms with van der Waals surface area (Å²) in [7, 11) is 1.58. The molecule has 2 heterocycles. The summed E-state index contributed by atoms with van der Waals surface area (Å²) in [4.78, 5) is 41.2. The van der Waals surface area contributed by atoms with E-state index in [2.05, 4.69) is 31.3 Å². The molecule has 0 aliphatic carbocycles. The van der Waals surface area contributed by atoms with Crippen LogP contribution in [-0.4, -0.2) is 13.7 Å². The van der Waals surface area contributed by atoms with Gasteiger partial charge in [0, 0.05) is 18.8 Å². The van der Waals surface area contributed by atoms with Gasteiger partial charge in [0.05, 0.1) is 17.1 Å². The predicted octanol–water partition coefficient (Wildman–Crippen LogP) is 6.27. The Morgan fingerprint density at radius 3 is 1.82 bits per heavy atom. The third-order valence-electron chi connectivity index (χ3n) is 7.38. The number of hydrogen-bond acceptors (Lipinski definition) is 4. The van der Waals surface area contributed by atoms with Gasteiger partial charge in [-0.25, -0.2) is 13.9 Å². The van der Waals surface area contributed by atoms with Crippen molar-refractivity contribution in [3.8, 4) is 11.4 Å². The molecular weight excluding hydrogens is 500 g/mol. The topological polar surface area (TPSA) is 78.0 Å². The fraction of sp³-hybridized carbons (Fsp3) is 0.242. The van der Waals surface area contributed by atoms with Crippen molar-refractivity contribution in [1.82, 2.24) is 13.7 Å². The average molecular weight is 535 g/mol. The van der Waals surface area contributed by atoms with Gasteiger partial charge in [-0.2, -0.15) is 0 Å². The van der Waals surface area contributed by atoms with Crippen LogP contribution < -0.4 is 22.1 Å². The number of nitrogens with zero attached hydrogens (tertiary/aromatic N) is 3. The van der Waals surface area contributed by atoms with E-state index >= 15 is 0 Å². The minimum absolute atomic E-state index is 0.228. The zero-order valence-electron chi connectivity index (χ0n) is 23.1. The number of hydrogen-bond donors (Lipinski definition) is 1. The van der Waals surface area contributed by atoms with Gasteiger partial charge in [0.25, 0.3) is 11.1 Å². The van der Waals surface area contributed by atoms with E-state index in [9.17, 15) is 14.4 Å². The Bertz CT molecular complexity index is 1800. The number of rotatable bonds is 9. The highest BCUT2D eigenvalue weighted by Crippen LogP contribution is 2.29. The molecule has 2 aromatic heterocycles. The van der Waals surface area contributed by atoms with E-state index in [1.807, 2.05) is 36.4 Å². The number of pyridine rings is 1. The van der Waals surface area contributed by atoms with E-state index in [0.29, 0.717) is 23.0 Å². The highest BCUT2D eigenvalue weighted by Gasteiger charge is 2.22. The number of fused-ring (bicyclic) bond motifs is 1. The molecule has 7 nitrogen and oxygen atoms in total. The molecule has 0 saturated heterocycles. The van der Waals surface area contributed by atoms with Crippen LogP contribution in [0.15, 0.2) is 105 Å². The molecule has 0 aliphatic heterocycles. The molecule has 0 aliphatic rings. The third-order valence-corrected chi connectivity index (χ3v) is 7.38. The fourth-order valence-corrected chi connectivity index (χ4v) is 5.43. The zero-order chi connectivity index (χ0) is 28.2. The molecule has 5 rings (SSSR count). The molecule has 0 radical (unpaired) electrons. The van der Waals surface area contributed by atoms with E-state index in [1.54, 1.807) is 43.4 Å². The normalized spacial score (nSPS) is 11.3. The second kappa shape index (κ2) is 11.6. The maximum Gasteiger partial charge on any atom is 0.341 e. The lowest BCUT2D eigenvalue weighted by atomic mass is 9.90. The maximum atomic E-state index is 14.1. The molecule has 0 bridgehead atoms. The van der Waals surface area contributed by atoms with E-state index in [1.165, 1.54) is 20.8 Å². The van der Waals surface area contributed by atoms with Gasteiger partial charge in [-0.05, 0) is 60.7 Å². The zero-order valence-corrected chi connectivity index (χ0v) is 23.1. The Hall–Kier alpha value is -4.65. The first kappa shape index (κ1) is 26.9. The van der Waals surface area contributed by atoms with Crippen molar-refractivity contribution in [2.24, 2.45) is 7.05 Å². The lowest BCUT2D eigenvalue weighted by molar-refractivity contribution is 0.561. The Morgan fingerprint density at radius 1 is 0.725 bits per heavy atom.